The zero-order valence-electron chi connectivity index (χ0n) is 11.3. The molecule has 22 heavy (non-hydrogen) atoms. The number of carboxylic acid groups (broad SMARTS) is 1. The summed E-state index contributed by atoms with van der Waals surface area (Å²) in [6.45, 7) is 0.0595. The summed E-state index contributed by atoms with van der Waals surface area (Å²) in [5.41, 5.74) is 1.56. The Bertz CT molecular complexity index is 719. The Morgan fingerprint density at radius 3 is 2.73 bits per heavy atom. The van der Waals surface area contributed by atoms with E-state index in [1.165, 1.54) is 0 Å². The summed E-state index contributed by atoms with van der Waals surface area (Å²) in [5.74, 6) is 3.90. The fraction of sp³-hybridized carbons (Fsp3) is 0.364. The Morgan fingerprint density at radius 2 is 2.18 bits per heavy atom. The van der Waals surface area contributed by atoms with Gasteiger partial charge in [0.1, 0.15) is 11.7 Å². The maximum atomic E-state index is 12.5. The molecule has 1 aliphatic rings. The maximum absolute atomic E-state index is 12.5. The van der Waals surface area contributed by atoms with E-state index in [-0.39, 0.29) is 23.5 Å². The number of hydrogen-bond donors (Lipinski definition) is 3. The molecule has 11 heteroatoms. The molecule has 1 unspecified atom stereocenters. The highest BCUT2D eigenvalue weighted by atomic mass is 32.2. The van der Waals surface area contributed by atoms with Gasteiger partial charge in [-0.15, -0.1) is 0 Å². The van der Waals surface area contributed by atoms with E-state index in [0.717, 1.165) is 22.5 Å². The summed E-state index contributed by atoms with van der Waals surface area (Å²) >= 11 is 0. The Hall–Kier alpha value is -2.24. The van der Waals surface area contributed by atoms with Crippen molar-refractivity contribution in [1.29, 1.82) is 0 Å². The van der Waals surface area contributed by atoms with Crippen molar-refractivity contribution in [2.24, 2.45) is 5.84 Å². The summed E-state index contributed by atoms with van der Waals surface area (Å²) in [6.07, 6.45) is 0.625. The van der Waals surface area contributed by atoms with Gasteiger partial charge in [0.2, 0.25) is 10.0 Å². The molecule has 0 radical (unpaired) electrons. The molecule has 0 aliphatic carbocycles. The number of hydrazine groups is 1. The van der Waals surface area contributed by atoms with Gasteiger partial charge in [-0.2, -0.15) is 4.31 Å². The third-order valence-electron chi connectivity index (χ3n) is 3.42. The summed E-state index contributed by atoms with van der Waals surface area (Å²) in [5, 5.41) is 20.0. The topological polar surface area (TPSA) is 156 Å². The van der Waals surface area contributed by atoms with Crippen molar-refractivity contribution in [3.63, 3.8) is 0 Å². The number of anilines is 1. The van der Waals surface area contributed by atoms with Crippen molar-refractivity contribution in [3.05, 3.63) is 28.3 Å². The molecule has 0 saturated carbocycles. The molecule has 120 valence electrons. The highest BCUT2D eigenvalue weighted by molar-refractivity contribution is 7.89. The van der Waals surface area contributed by atoms with Gasteiger partial charge >= 0.3 is 5.97 Å². The Balaban J connectivity index is 2.48. The zero-order chi connectivity index (χ0) is 16.5. The second-order valence-corrected chi connectivity index (χ2v) is 6.58. The first-order chi connectivity index (χ1) is 10.3. The zero-order valence-corrected chi connectivity index (χ0v) is 12.1. The van der Waals surface area contributed by atoms with Crippen molar-refractivity contribution in [2.75, 3.05) is 12.0 Å². The Kier molecular flexibility index (Phi) is 4.30. The van der Waals surface area contributed by atoms with Crippen LogP contribution in [0.4, 0.5) is 11.4 Å². The van der Waals surface area contributed by atoms with Gasteiger partial charge < -0.3 is 10.5 Å². The number of benzene rings is 1. The molecule has 0 bridgehead atoms. The van der Waals surface area contributed by atoms with E-state index in [1.807, 2.05) is 0 Å². The van der Waals surface area contributed by atoms with Crippen LogP contribution < -0.4 is 11.3 Å². The molecule has 1 aromatic carbocycles. The number of nitro groups is 1. The molecule has 0 spiro atoms. The van der Waals surface area contributed by atoms with Crippen LogP contribution in [0.25, 0.3) is 0 Å². The molecular weight excluding hydrogens is 316 g/mol. The van der Waals surface area contributed by atoms with Gasteiger partial charge in [0.15, 0.2) is 0 Å². The average molecular weight is 330 g/mol. The molecule has 1 saturated heterocycles. The molecule has 1 fully saturated rings. The van der Waals surface area contributed by atoms with E-state index >= 15 is 0 Å². The number of hydrogen-bond acceptors (Lipinski definition) is 7. The average Bonchev–Trinajstić information content (AvgIpc) is 2.96. The van der Waals surface area contributed by atoms with Crippen LogP contribution in [0.15, 0.2) is 23.1 Å². The lowest BCUT2D eigenvalue weighted by atomic mass is 10.2. The van der Waals surface area contributed by atoms with E-state index in [9.17, 15) is 23.3 Å². The Morgan fingerprint density at radius 1 is 1.50 bits per heavy atom. The molecule has 1 heterocycles. The fourth-order valence-electron chi connectivity index (χ4n) is 2.36. The quantitative estimate of drug-likeness (QED) is 0.390. The predicted octanol–water partition coefficient (Wildman–Crippen LogP) is 0.118. The van der Waals surface area contributed by atoms with Crippen molar-refractivity contribution < 1.29 is 23.2 Å². The van der Waals surface area contributed by atoms with E-state index in [2.05, 4.69) is 5.43 Å². The molecule has 1 aliphatic heterocycles. The van der Waals surface area contributed by atoms with Crippen LogP contribution in [-0.4, -0.2) is 41.3 Å². The molecule has 1 atom stereocenters. The van der Waals surface area contributed by atoms with Crippen LogP contribution in [-0.2, 0) is 14.8 Å². The minimum Gasteiger partial charge on any atom is -0.480 e. The number of nitro benzene ring substituents is 1. The van der Waals surface area contributed by atoms with Crippen LogP contribution in [0, 0.1) is 10.1 Å². The SMILES string of the molecule is NNc1ccc(S(=O)(=O)N2CCCC2C(=O)O)cc1[N+](=O)[O-]. The summed E-state index contributed by atoms with van der Waals surface area (Å²) in [7, 11) is -4.13. The lowest BCUT2D eigenvalue weighted by Gasteiger charge is -2.21. The highest BCUT2D eigenvalue weighted by Gasteiger charge is 2.40. The number of nitrogens with one attached hydrogen (secondary N) is 1. The lowest BCUT2D eigenvalue weighted by Crippen LogP contribution is -2.40. The predicted molar refractivity (Wildman–Crippen MR) is 75.5 cm³/mol. The van der Waals surface area contributed by atoms with Crippen LogP contribution >= 0.6 is 0 Å². The van der Waals surface area contributed by atoms with E-state index < -0.39 is 32.6 Å². The largest absolute Gasteiger partial charge is 0.480 e. The van der Waals surface area contributed by atoms with Gasteiger partial charge in [-0.1, -0.05) is 0 Å². The number of carboxylic acids is 1. The number of carbonyl (C=O) groups is 1. The van der Waals surface area contributed by atoms with Crippen LogP contribution in [0.2, 0.25) is 0 Å². The van der Waals surface area contributed by atoms with E-state index in [0.29, 0.717) is 6.42 Å². The van der Waals surface area contributed by atoms with E-state index in [1.54, 1.807) is 0 Å². The first-order valence-corrected chi connectivity index (χ1v) is 7.72. The lowest BCUT2D eigenvalue weighted by molar-refractivity contribution is -0.384. The second-order valence-electron chi connectivity index (χ2n) is 4.69. The Labute approximate surface area is 125 Å². The van der Waals surface area contributed by atoms with Crippen molar-refractivity contribution in [1.82, 2.24) is 4.31 Å². The van der Waals surface area contributed by atoms with Crippen LogP contribution in [0.5, 0.6) is 0 Å². The number of sulfonamides is 1. The molecule has 0 amide bonds. The first kappa shape index (κ1) is 16.1. The molecule has 10 nitrogen and oxygen atoms in total. The van der Waals surface area contributed by atoms with Crippen molar-refractivity contribution in [2.45, 2.75) is 23.8 Å². The van der Waals surface area contributed by atoms with Gasteiger partial charge in [-0.05, 0) is 25.0 Å². The van der Waals surface area contributed by atoms with Crippen LogP contribution in [0.3, 0.4) is 0 Å². The molecular formula is C11H14N4O6S. The standard InChI is InChI=1S/C11H14N4O6S/c12-13-8-4-3-7(6-10(8)15(18)19)22(20,21)14-5-1-2-9(14)11(16)17/h3-4,6,9,13H,1-2,5,12H2,(H,16,17). The second kappa shape index (κ2) is 5.87. The minimum atomic E-state index is -4.13. The normalized spacial score (nSPS) is 19.0. The number of nitrogen functional groups attached to an aromatic ring is 1. The van der Waals surface area contributed by atoms with Gasteiger partial charge in [0.25, 0.3) is 5.69 Å². The van der Waals surface area contributed by atoms with Crippen molar-refractivity contribution in [3.8, 4) is 0 Å². The van der Waals surface area contributed by atoms with Gasteiger partial charge in [-0.3, -0.25) is 20.8 Å². The summed E-state index contributed by atoms with van der Waals surface area (Å²) < 4.78 is 25.9. The highest BCUT2D eigenvalue weighted by Crippen LogP contribution is 2.31. The molecule has 4 N–H and O–H groups in total. The fourth-order valence-corrected chi connectivity index (χ4v) is 4.03. The third kappa shape index (κ3) is 2.73. The molecule has 2 rings (SSSR count). The van der Waals surface area contributed by atoms with Gasteiger partial charge in [0.05, 0.1) is 9.82 Å². The van der Waals surface area contributed by atoms with Gasteiger partial charge in [-0.25, -0.2) is 8.42 Å². The number of aliphatic carboxylic acids is 1. The van der Waals surface area contributed by atoms with Gasteiger partial charge in [0, 0.05) is 12.6 Å². The maximum Gasteiger partial charge on any atom is 0.322 e. The molecule has 0 aromatic heterocycles. The van der Waals surface area contributed by atoms with Crippen molar-refractivity contribution >= 4 is 27.4 Å². The monoisotopic (exact) mass is 330 g/mol. The minimum absolute atomic E-state index is 0.0415. The van der Waals surface area contributed by atoms with Crippen LogP contribution in [0.1, 0.15) is 12.8 Å². The third-order valence-corrected chi connectivity index (χ3v) is 5.32. The van der Waals surface area contributed by atoms with E-state index in [4.69, 9.17) is 10.9 Å². The summed E-state index contributed by atoms with van der Waals surface area (Å²) in [6, 6.07) is 2.02. The molecule has 1 aromatic rings. The smallest absolute Gasteiger partial charge is 0.322 e. The number of nitrogens with zero attached hydrogens (tertiary/aromatic N) is 2. The number of nitrogens with two attached hydrogens (primary N) is 1. The first-order valence-electron chi connectivity index (χ1n) is 6.28. The number of rotatable bonds is 5. The summed E-state index contributed by atoms with van der Waals surface area (Å²) in [4.78, 5) is 21.0.